The average Bonchev–Trinajstić information content (AvgIpc) is 2.23. The predicted octanol–water partition coefficient (Wildman–Crippen LogP) is 3.25. The van der Waals surface area contributed by atoms with Crippen molar-refractivity contribution in [2.45, 2.75) is 33.2 Å². The van der Waals surface area contributed by atoms with Crippen molar-refractivity contribution < 1.29 is 4.39 Å². The predicted molar refractivity (Wildman–Crippen MR) is 72.9 cm³/mol. The van der Waals surface area contributed by atoms with Crippen LogP contribution in [-0.2, 0) is 6.42 Å². The summed E-state index contributed by atoms with van der Waals surface area (Å²) in [5, 5.41) is 0. The molecule has 2 nitrogen and oxygen atoms in total. The van der Waals surface area contributed by atoms with E-state index in [-0.39, 0.29) is 11.9 Å². The summed E-state index contributed by atoms with van der Waals surface area (Å²) in [7, 11) is 0. The third-order valence-electron chi connectivity index (χ3n) is 3.28. The third-order valence-corrected chi connectivity index (χ3v) is 3.74. The van der Waals surface area contributed by atoms with Crippen LogP contribution in [0.5, 0.6) is 0 Å². The van der Waals surface area contributed by atoms with Crippen molar-refractivity contribution in [2.24, 2.45) is 17.7 Å². The minimum atomic E-state index is -0.220. The zero-order valence-corrected chi connectivity index (χ0v) is 12.1. The van der Waals surface area contributed by atoms with Gasteiger partial charge in [0.2, 0.25) is 0 Å². The van der Waals surface area contributed by atoms with Crippen molar-refractivity contribution in [1.29, 1.82) is 0 Å². The van der Waals surface area contributed by atoms with Gasteiger partial charge in [-0.1, -0.05) is 36.7 Å². The number of hydrogen-bond acceptors (Lipinski definition) is 2. The van der Waals surface area contributed by atoms with Crippen LogP contribution in [0.2, 0.25) is 0 Å². The van der Waals surface area contributed by atoms with Gasteiger partial charge in [0, 0.05) is 10.5 Å². The molecule has 2 atom stereocenters. The van der Waals surface area contributed by atoms with Crippen LogP contribution in [0, 0.1) is 17.7 Å². The molecule has 0 heterocycles. The van der Waals surface area contributed by atoms with E-state index in [2.05, 4.69) is 42.1 Å². The molecule has 0 saturated heterocycles. The van der Waals surface area contributed by atoms with Gasteiger partial charge in [-0.2, -0.15) is 0 Å². The third kappa shape index (κ3) is 4.37. The molecule has 0 aliphatic rings. The number of benzene rings is 1. The van der Waals surface area contributed by atoms with Crippen molar-refractivity contribution in [2.75, 3.05) is 0 Å². The van der Waals surface area contributed by atoms with Crippen molar-refractivity contribution in [3.63, 3.8) is 0 Å². The second kappa shape index (κ2) is 6.47. The molecule has 0 aliphatic carbocycles. The number of hydrogen-bond donors (Lipinski definition) is 2. The maximum Gasteiger partial charge on any atom is 0.124 e. The fourth-order valence-electron chi connectivity index (χ4n) is 1.84. The molecule has 1 rings (SSSR count). The molecule has 1 aromatic rings. The van der Waals surface area contributed by atoms with E-state index in [1.807, 2.05) is 6.07 Å². The van der Waals surface area contributed by atoms with Gasteiger partial charge in [0.1, 0.15) is 5.82 Å². The standard InChI is InChI=1S/C13H20BrFN2/c1-8(2)9(3)13(17-16)6-10-4-11(14)7-12(15)5-10/h4-5,7-9,13,17H,6,16H2,1-3H3. The summed E-state index contributed by atoms with van der Waals surface area (Å²) in [5.74, 6) is 6.33. The Morgan fingerprint density at radius 2 is 1.94 bits per heavy atom. The van der Waals surface area contributed by atoms with Crippen LogP contribution < -0.4 is 11.3 Å². The summed E-state index contributed by atoms with van der Waals surface area (Å²) < 4.78 is 14.0. The summed E-state index contributed by atoms with van der Waals surface area (Å²) in [4.78, 5) is 0. The lowest BCUT2D eigenvalue weighted by atomic mass is 9.87. The van der Waals surface area contributed by atoms with Crippen LogP contribution in [0.25, 0.3) is 0 Å². The maximum absolute atomic E-state index is 13.3. The molecule has 3 N–H and O–H groups in total. The number of hydrazine groups is 1. The second-order valence-corrected chi connectivity index (χ2v) is 5.77. The first-order valence-electron chi connectivity index (χ1n) is 5.85. The van der Waals surface area contributed by atoms with Crippen LogP contribution >= 0.6 is 15.9 Å². The van der Waals surface area contributed by atoms with Gasteiger partial charge in [-0.3, -0.25) is 11.3 Å². The van der Waals surface area contributed by atoms with E-state index < -0.39 is 0 Å². The van der Waals surface area contributed by atoms with Crippen molar-refractivity contribution in [3.8, 4) is 0 Å². The van der Waals surface area contributed by atoms with Gasteiger partial charge >= 0.3 is 0 Å². The summed E-state index contributed by atoms with van der Waals surface area (Å²) in [6.45, 7) is 6.48. The first kappa shape index (κ1) is 14.6. The molecule has 0 radical (unpaired) electrons. The molecular formula is C13H20BrFN2. The Balaban J connectivity index is 2.80. The van der Waals surface area contributed by atoms with Gasteiger partial charge in [0.15, 0.2) is 0 Å². The maximum atomic E-state index is 13.3. The first-order valence-corrected chi connectivity index (χ1v) is 6.64. The van der Waals surface area contributed by atoms with Gasteiger partial charge in [-0.25, -0.2) is 4.39 Å². The molecule has 0 amide bonds. The SMILES string of the molecule is CC(C)C(C)C(Cc1cc(F)cc(Br)c1)NN. The zero-order valence-electron chi connectivity index (χ0n) is 10.5. The quantitative estimate of drug-likeness (QED) is 0.647. The molecule has 0 spiro atoms. The Kier molecular flexibility index (Phi) is 5.56. The largest absolute Gasteiger partial charge is 0.271 e. The Labute approximate surface area is 111 Å². The van der Waals surface area contributed by atoms with E-state index in [1.54, 1.807) is 6.07 Å². The number of rotatable bonds is 5. The Hall–Kier alpha value is -0.450. The number of nitrogens with one attached hydrogen (secondary N) is 1. The van der Waals surface area contributed by atoms with Crippen LogP contribution in [-0.4, -0.2) is 6.04 Å². The minimum Gasteiger partial charge on any atom is -0.271 e. The highest BCUT2D eigenvalue weighted by molar-refractivity contribution is 9.10. The minimum absolute atomic E-state index is 0.156. The Bertz CT molecular complexity index is 348. The Morgan fingerprint density at radius 3 is 2.41 bits per heavy atom. The first-order chi connectivity index (χ1) is 7.93. The fourth-order valence-corrected chi connectivity index (χ4v) is 2.36. The molecule has 17 heavy (non-hydrogen) atoms. The van der Waals surface area contributed by atoms with Crippen LogP contribution in [0.1, 0.15) is 26.3 Å². The molecule has 1 aromatic carbocycles. The van der Waals surface area contributed by atoms with Crippen LogP contribution in [0.4, 0.5) is 4.39 Å². The number of nitrogens with two attached hydrogens (primary N) is 1. The van der Waals surface area contributed by atoms with Crippen LogP contribution in [0.15, 0.2) is 22.7 Å². The van der Waals surface area contributed by atoms with E-state index in [9.17, 15) is 4.39 Å². The lowest BCUT2D eigenvalue weighted by Crippen LogP contribution is -2.43. The molecule has 0 aromatic heterocycles. The van der Waals surface area contributed by atoms with Crippen molar-refractivity contribution in [3.05, 3.63) is 34.1 Å². The molecule has 0 saturated carbocycles. The van der Waals surface area contributed by atoms with Gasteiger partial charge in [0.25, 0.3) is 0 Å². The zero-order chi connectivity index (χ0) is 13.0. The van der Waals surface area contributed by atoms with E-state index >= 15 is 0 Å². The molecule has 0 aliphatic heterocycles. The van der Waals surface area contributed by atoms with Crippen molar-refractivity contribution in [1.82, 2.24) is 5.43 Å². The highest BCUT2D eigenvalue weighted by Gasteiger charge is 2.19. The van der Waals surface area contributed by atoms with Crippen LogP contribution in [0.3, 0.4) is 0 Å². The summed E-state index contributed by atoms with van der Waals surface area (Å²) >= 11 is 3.30. The second-order valence-electron chi connectivity index (χ2n) is 4.86. The highest BCUT2D eigenvalue weighted by atomic mass is 79.9. The molecule has 0 bridgehead atoms. The van der Waals surface area contributed by atoms with Gasteiger partial charge in [0.05, 0.1) is 0 Å². The van der Waals surface area contributed by atoms with E-state index in [4.69, 9.17) is 5.84 Å². The Morgan fingerprint density at radius 1 is 1.29 bits per heavy atom. The van der Waals surface area contributed by atoms with Gasteiger partial charge < -0.3 is 0 Å². The average molecular weight is 303 g/mol. The van der Waals surface area contributed by atoms with E-state index in [0.717, 1.165) is 16.5 Å². The molecule has 0 fully saturated rings. The highest BCUT2D eigenvalue weighted by Crippen LogP contribution is 2.20. The normalized spacial score (nSPS) is 15.0. The smallest absolute Gasteiger partial charge is 0.124 e. The lowest BCUT2D eigenvalue weighted by molar-refractivity contribution is 0.299. The van der Waals surface area contributed by atoms with E-state index in [0.29, 0.717) is 11.8 Å². The van der Waals surface area contributed by atoms with E-state index in [1.165, 1.54) is 6.07 Å². The summed E-state index contributed by atoms with van der Waals surface area (Å²) in [5.41, 5.74) is 3.78. The topological polar surface area (TPSA) is 38.0 Å². The summed E-state index contributed by atoms with van der Waals surface area (Å²) in [6, 6.07) is 5.10. The van der Waals surface area contributed by atoms with Gasteiger partial charge in [-0.05, 0) is 42.0 Å². The monoisotopic (exact) mass is 302 g/mol. The molecule has 2 unspecified atom stereocenters. The molecular weight excluding hydrogens is 283 g/mol. The fraction of sp³-hybridized carbons (Fsp3) is 0.538. The van der Waals surface area contributed by atoms with Crippen molar-refractivity contribution >= 4 is 15.9 Å². The molecule has 4 heteroatoms. The lowest BCUT2D eigenvalue weighted by Gasteiger charge is -2.26. The number of halogens is 2. The molecule has 96 valence electrons. The van der Waals surface area contributed by atoms with Gasteiger partial charge in [-0.15, -0.1) is 0 Å². The summed E-state index contributed by atoms with van der Waals surface area (Å²) in [6.07, 6.45) is 0.728.